The maximum Gasteiger partial charge on any atom is 0.317 e. The number of carboxylic acid groups (broad SMARTS) is 1. The van der Waals surface area contributed by atoms with Gasteiger partial charge in [0.1, 0.15) is 18.6 Å². The molecule has 0 amide bonds. The summed E-state index contributed by atoms with van der Waals surface area (Å²) in [6, 6.07) is 0. The normalized spacial score (nSPS) is 42.8. The summed E-state index contributed by atoms with van der Waals surface area (Å²) >= 11 is 0. The van der Waals surface area contributed by atoms with Gasteiger partial charge in [0.05, 0.1) is 11.2 Å². The van der Waals surface area contributed by atoms with Crippen molar-refractivity contribution >= 4 is 17.9 Å². The largest absolute Gasteiger partial charge is 0.481 e. The van der Waals surface area contributed by atoms with Gasteiger partial charge in [-0.2, -0.15) is 0 Å². The highest BCUT2D eigenvalue weighted by atomic mass is 16.5. The number of esters is 2. The van der Waals surface area contributed by atoms with Crippen molar-refractivity contribution in [1.29, 1.82) is 0 Å². The van der Waals surface area contributed by atoms with Crippen LogP contribution in [0.25, 0.3) is 0 Å². The van der Waals surface area contributed by atoms with Crippen LogP contribution in [0.5, 0.6) is 0 Å². The van der Waals surface area contributed by atoms with Gasteiger partial charge in [-0.25, -0.2) is 0 Å². The molecule has 0 saturated heterocycles. The Kier molecular flexibility index (Phi) is 8.80. The first kappa shape index (κ1) is 34.0. The zero-order valence-electron chi connectivity index (χ0n) is 27.9. The lowest BCUT2D eigenvalue weighted by atomic mass is 9.35. The van der Waals surface area contributed by atoms with Crippen LogP contribution in [0.1, 0.15) is 127 Å². The van der Waals surface area contributed by atoms with Crippen LogP contribution in [0.2, 0.25) is 0 Å². The van der Waals surface area contributed by atoms with E-state index in [9.17, 15) is 24.6 Å². The predicted octanol–water partition coefficient (Wildman–Crippen LogP) is 6.21. The number of rotatable bonds is 8. The topological polar surface area (TPSA) is 130 Å². The summed E-state index contributed by atoms with van der Waals surface area (Å²) in [7, 11) is 0. The van der Waals surface area contributed by atoms with Gasteiger partial charge in [0.2, 0.25) is 0 Å². The molecule has 4 fully saturated rings. The number of carbonyl (C=O) groups is 3. The quantitative estimate of drug-likeness (QED) is 0.169. The molecular weight excluding hydrogens is 548 g/mol. The summed E-state index contributed by atoms with van der Waals surface area (Å²) in [5.41, 5.74) is -2.67. The molecule has 244 valence electrons. The first-order valence-electron chi connectivity index (χ1n) is 16.3. The minimum Gasteiger partial charge on any atom is -0.481 e. The minimum absolute atomic E-state index is 0.148. The summed E-state index contributed by atoms with van der Waals surface area (Å²) in [5, 5.41) is 33.6. The number of fused-ring (bicyclic) bond motifs is 5. The van der Waals surface area contributed by atoms with Crippen molar-refractivity contribution < 1.29 is 39.2 Å². The minimum atomic E-state index is -1.40. The van der Waals surface area contributed by atoms with Gasteiger partial charge in [0, 0.05) is 18.3 Å². The van der Waals surface area contributed by atoms with E-state index in [0.717, 1.165) is 25.7 Å². The third kappa shape index (κ3) is 5.36. The maximum absolute atomic E-state index is 12.6. The Morgan fingerprint density at radius 1 is 0.907 bits per heavy atom. The molecule has 0 aromatic rings. The van der Waals surface area contributed by atoms with E-state index in [1.54, 1.807) is 6.92 Å². The van der Waals surface area contributed by atoms with Crippen LogP contribution in [0, 0.1) is 39.4 Å². The fraction of sp³-hybridized carbons (Fsp3) is 0.857. The Labute approximate surface area is 258 Å². The first-order chi connectivity index (χ1) is 19.7. The lowest BCUT2D eigenvalue weighted by Gasteiger charge is -2.71. The van der Waals surface area contributed by atoms with Crippen LogP contribution in [0.3, 0.4) is 0 Å². The van der Waals surface area contributed by atoms with Crippen LogP contribution >= 0.6 is 0 Å². The van der Waals surface area contributed by atoms with Gasteiger partial charge in [0.15, 0.2) is 0 Å². The summed E-state index contributed by atoms with van der Waals surface area (Å²) in [6.45, 7) is 18.5. The highest BCUT2D eigenvalue weighted by Crippen LogP contribution is 2.76. The van der Waals surface area contributed by atoms with Gasteiger partial charge in [-0.3, -0.25) is 14.4 Å². The lowest BCUT2D eigenvalue weighted by Crippen LogP contribution is -2.70. The molecule has 0 bridgehead atoms. The predicted molar refractivity (Wildman–Crippen MR) is 163 cm³/mol. The monoisotopic (exact) mass is 604 g/mol. The number of carbonyl (C=O) groups excluding carboxylic acids is 2. The third-order valence-electron chi connectivity index (χ3n) is 13.4. The van der Waals surface area contributed by atoms with Crippen molar-refractivity contribution in [2.45, 2.75) is 150 Å². The SMILES string of the molecule is CC(=O)OC1CC2C3(C)CCC(OC(=O)CC(=O)O)C(C)(C)C3CCC2(C)C2(C)CCC(O)(C(C)(O)CCC=C(C)C)C12. The smallest absolute Gasteiger partial charge is 0.317 e. The fourth-order valence-electron chi connectivity index (χ4n) is 11.1. The molecule has 4 aliphatic carbocycles. The van der Waals surface area contributed by atoms with E-state index in [2.05, 4.69) is 40.7 Å². The third-order valence-corrected chi connectivity index (χ3v) is 13.4. The lowest BCUT2D eigenvalue weighted by molar-refractivity contribution is -0.274. The number of aliphatic hydroxyl groups is 2. The average molecular weight is 605 g/mol. The summed E-state index contributed by atoms with van der Waals surface area (Å²) in [4.78, 5) is 36.1. The van der Waals surface area contributed by atoms with Crippen LogP contribution in [-0.2, 0) is 23.9 Å². The number of carboxylic acids is 1. The molecule has 0 aliphatic heterocycles. The maximum atomic E-state index is 12.6. The molecule has 4 aliphatic rings. The van der Waals surface area contributed by atoms with E-state index in [1.165, 1.54) is 12.5 Å². The van der Waals surface area contributed by atoms with E-state index >= 15 is 0 Å². The molecular formula is C35H56O8. The number of hydrogen-bond acceptors (Lipinski definition) is 7. The Balaban J connectivity index is 1.72. The Morgan fingerprint density at radius 3 is 2.14 bits per heavy atom. The van der Waals surface area contributed by atoms with E-state index in [1.807, 2.05) is 13.8 Å². The van der Waals surface area contributed by atoms with Gasteiger partial charge in [0.25, 0.3) is 0 Å². The molecule has 0 radical (unpaired) electrons. The van der Waals surface area contributed by atoms with Gasteiger partial charge < -0.3 is 24.8 Å². The molecule has 10 unspecified atom stereocenters. The second-order valence-electron chi connectivity index (χ2n) is 16.3. The molecule has 8 heteroatoms. The van der Waals surface area contributed by atoms with Crippen LogP contribution in [0.4, 0.5) is 0 Å². The Hall–Kier alpha value is -1.93. The summed E-state index contributed by atoms with van der Waals surface area (Å²) < 4.78 is 11.9. The average Bonchev–Trinajstić information content (AvgIpc) is 3.15. The van der Waals surface area contributed by atoms with Crippen molar-refractivity contribution in [3.8, 4) is 0 Å². The Morgan fingerprint density at radius 2 is 1.56 bits per heavy atom. The van der Waals surface area contributed by atoms with E-state index in [-0.39, 0.29) is 45.6 Å². The van der Waals surface area contributed by atoms with Crippen molar-refractivity contribution in [1.82, 2.24) is 0 Å². The second kappa shape index (κ2) is 11.1. The van der Waals surface area contributed by atoms with Crippen molar-refractivity contribution in [2.75, 3.05) is 0 Å². The molecule has 0 heterocycles. The van der Waals surface area contributed by atoms with Crippen LogP contribution in [0.15, 0.2) is 11.6 Å². The number of allylic oxidation sites excluding steroid dienone is 2. The van der Waals surface area contributed by atoms with E-state index in [0.29, 0.717) is 32.1 Å². The Bertz CT molecular complexity index is 1150. The van der Waals surface area contributed by atoms with Crippen molar-refractivity contribution in [2.24, 2.45) is 39.4 Å². The number of aliphatic carboxylic acids is 1. The molecule has 10 atom stereocenters. The van der Waals surface area contributed by atoms with Crippen molar-refractivity contribution in [3.63, 3.8) is 0 Å². The zero-order valence-corrected chi connectivity index (χ0v) is 27.9. The van der Waals surface area contributed by atoms with Crippen LogP contribution in [-0.4, -0.2) is 56.6 Å². The van der Waals surface area contributed by atoms with Gasteiger partial charge in [-0.15, -0.1) is 0 Å². The summed E-state index contributed by atoms with van der Waals surface area (Å²) in [5.74, 6) is -2.28. The molecule has 3 N–H and O–H groups in total. The number of hydrogen-bond donors (Lipinski definition) is 3. The van der Waals surface area contributed by atoms with E-state index in [4.69, 9.17) is 14.6 Å². The highest BCUT2D eigenvalue weighted by molar-refractivity contribution is 5.90. The molecule has 0 aromatic carbocycles. The second-order valence-corrected chi connectivity index (χ2v) is 16.3. The molecule has 0 spiro atoms. The van der Waals surface area contributed by atoms with Crippen molar-refractivity contribution in [3.05, 3.63) is 11.6 Å². The molecule has 43 heavy (non-hydrogen) atoms. The highest BCUT2D eigenvalue weighted by Gasteiger charge is 2.75. The van der Waals surface area contributed by atoms with Crippen LogP contribution < -0.4 is 0 Å². The molecule has 4 rings (SSSR count). The van der Waals surface area contributed by atoms with E-state index < -0.39 is 41.6 Å². The molecule has 4 saturated carbocycles. The van der Waals surface area contributed by atoms with Gasteiger partial charge in [-0.05, 0) is 107 Å². The summed E-state index contributed by atoms with van der Waals surface area (Å²) in [6.07, 6.45) is 6.69. The molecule has 8 nitrogen and oxygen atoms in total. The number of ether oxygens (including phenoxy) is 2. The molecule has 0 aromatic heterocycles. The standard InChI is InChI=1S/C35H56O8/c1-21(2)11-10-14-34(9,40)35(41)18-17-33(8)29(35)23(42-22(3)36)19-25-31(6)15-13-26(43-28(39)20-27(37)38)30(4,5)24(31)12-16-32(25,33)7/h11,23-26,29,40-41H,10,12-20H2,1-9H3,(H,37,38). The van der Waals surface area contributed by atoms with Gasteiger partial charge >= 0.3 is 17.9 Å². The fourth-order valence-corrected chi connectivity index (χ4v) is 11.1. The van der Waals surface area contributed by atoms with Gasteiger partial charge in [-0.1, -0.05) is 46.3 Å². The zero-order chi connectivity index (χ0) is 32.4. The first-order valence-corrected chi connectivity index (χ1v) is 16.3.